The second-order valence-electron chi connectivity index (χ2n) is 3.87. The standard InChI is InChI=1S/C12H11F3N4/c13-12(14,15)9-3-1-8(2-4-9)10-7-17-19-11(18-10)5-6-16/h1-4,7H,5-6,16H2. The van der Waals surface area contributed by atoms with Crippen LogP contribution < -0.4 is 5.73 Å². The van der Waals surface area contributed by atoms with Crippen molar-refractivity contribution in [1.82, 2.24) is 15.2 Å². The molecule has 0 fully saturated rings. The summed E-state index contributed by atoms with van der Waals surface area (Å²) in [5, 5.41) is 7.55. The minimum absolute atomic E-state index is 0.387. The van der Waals surface area contributed by atoms with Crippen molar-refractivity contribution >= 4 is 0 Å². The molecule has 0 amide bonds. The molecule has 1 aromatic heterocycles. The fourth-order valence-corrected chi connectivity index (χ4v) is 1.54. The number of benzene rings is 1. The number of aromatic nitrogens is 3. The zero-order chi connectivity index (χ0) is 13.9. The summed E-state index contributed by atoms with van der Waals surface area (Å²) in [6, 6.07) is 4.75. The number of alkyl halides is 3. The Hall–Kier alpha value is -2.02. The third-order valence-corrected chi connectivity index (χ3v) is 2.48. The predicted molar refractivity (Wildman–Crippen MR) is 63.0 cm³/mol. The van der Waals surface area contributed by atoms with E-state index in [1.54, 1.807) is 0 Å². The molecule has 0 unspecified atom stereocenters. The van der Waals surface area contributed by atoms with Gasteiger partial charge in [0.1, 0.15) is 0 Å². The number of nitrogens with zero attached hydrogens (tertiary/aromatic N) is 3. The van der Waals surface area contributed by atoms with Crippen LogP contribution in [0.2, 0.25) is 0 Å². The van der Waals surface area contributed by atoms with Crippen LogP contribution in [-0.2, 0) is 12.6 Å². The van der Waals surface area contributed by atoms with E-state index in [4.69, 9.17) is 5.73 Å². The van der Waals surface area contributed by atoms with Gasteiger partial charge in [0.2, 0.25) is 0 Å². The first-order valence-electron chi connectivity index (χ1n) is 5.57. The Kier molecular flexibility index (Phi) is 3.75. The van der Waals surface area contributed by atoms with Crippen molar-refractivity contribution in [3.63, 3.8) is 0 Å². The monoisotopic (exact) mass is 268 g/mol. The Morgan fingerprint density at radius 3 is 2.37 bits per heavy atom. The lowest BCUT2D eigenvalue weighted by molar-refractivity contribution is -0.137. The molecule has 0 aliphatic rings. The van der Waals surface area contributed by atoms with Crippen LogP contribution in [0.4, 0.5) is 13.2 Å². The lowest BCUT2D eigenvalue weighted by atomic mass is 10.1. The smallest absolute Gasteiger partial charge is 0.330 e. The summed E-state index contributed by atoms with van der Waals surface area (Å²) in [7, 11) is 0. The molecule has 19 heavy (non-hydrogen) atoms. The fraction of sp³-hybridized carbons (Fsp3) is 0.250. The zero-order valence-corrected chi connectivity index (χ0v) is 9.85. The lowest BCUT2D eigenvalue weighted by Gasteiger charge is -2.07. The van der Waals surface area contributed by atoms with Gasteiger partial charge in [-0.3, -0.25) is 0 Å². The summed E-state index contributed by atoms with van der Waals surface area (Å²) in [6.07, 6.45) is -2.46. The van der Waals surface area contributed by atoms with E-state index in [2.05, 4.69) is 15.2 Å². The number of hydrogen-bond acceptors (Lipinski definition) is 4. The van der Waals surface area contributed by atoms with Crippen LogP contribution in [0.3, 0.4) is 0 Å². The van der Waals surface area contributed by atoms with Gasteiger partial charge < -0.3 is 5.73 Å². The average Bonchev–Trinajstić information content (AvgIpc) is 2.39. The number of halogens is 3. The molecule has 0 spiro atoms. The maximum absolute atomic E-state index is 12.4. The molecule has 0 radical (unpaired) electrons. The van der Waals surface area contributed by atoms with Crippen molar-refractivity contribution in [2.24, 2.45) is 5.73 Å². The molecular weight excluding hydrogens is 257 g/mol. The lowest BCUT2D eigenvalue weighted by Crippen LogP contribution is -2.08. The Morgan fingerprint density at radius 1 is 1.11 bits per heavy atom. The SMILES string of the molecule is NCCc1nncc(-c2ccc(C(F)(F)F)cc2)n1. The fourth-order valence-electron chi connectivity index (χ4n) is 1.54. The Labute approximate surface area is 107 Å². The highest BCUT2D eigenvalue weighted by molar-refractivity contribution is 5.58. The van der Waals surface area contributed by atoms with Crippen molar-refractivity contribution in [1.29, 1.82) is 0 Å². The highest BCUT2D eigenvalue weighted by Gasteiger charge is 2.30. The first-order valence-corrected chi connectivity index (χ1v) is 5.57. The number of nitrogens with two attached hydrogens (primary N) is 1. The summed E-state index contributed by atoms with van der Waals surface area (Å²) < 4.78 is 37.3. The Bertz CT molecular complexity index is 552. The topological polar surface area (TPSA) is 64.7 Å². The van der Waals surface area contributed by atoms with Gasteiger partial charge in [0.25, 0.3) is 0 Å². The van der Waals surface area contributed by atoms with Gasteiger partial charge in [-0.1, -0.05) is 12.1 Å². The maximum Gasteiger partial charge on any atom is 0.416 e. The van der Waals surface area contributed by atoms with Crippen molar-refractivity contribution in [2.45, 2.75) is 12.6 Å². The van der Waals surface area contributed by atoms with Crippen LogP contribution in [-0.4, -0.2) is 21.7 Å². The molecule has 2 aromatic rings. The van der Waals surface area contributed by atoms with Gasteiger partial charge in [-0.05, 0) is 18.7 Å². The first kappa shape index (κ1) is 13.4. The molecule has 0 aliphatic carbocycles. The van der Waals surface area contributed by atoms with Crippen molar-refractivity contribution in [3.05, 3.63) is 41.9 Å². The quantitative estimate of drug-likeness (QED) is 0.925. The van der Waals surface area contributed by atoms with Crippen molar-refractivity contribution in [2.75, 3.05) is 6.54 Å². The van der Waals surface area contributed by atoms with Gasteiger partial charge in [-0.25, -0.2) is 4.98 Å². The summed E-state index contributed by atoms with van der Waals surface area (Å²) >= 11 is 0. The van der Waals surface area contributed by atoms with E-state index in [0.717, 1.165) is 12.1 Å². The molecule has 0 aliphatic heterocycles. The highest BCUT2D eigenvalue weighted by atomic mass is 19.4. The number of hydrogen-bond donors (Lipinski definition) is 1. The van der Waals surface area contributed by atoms with E-state index >= 15 is 0 Å². The van der Waals surface area contributed by atoms with E-state index in [-0.39, 0.29) is 0 Å². The molecule has 1 heterocycles. The molecular formula is C12H11F3N4. The molecule has 0 saturated carbocycles. The van der Waals surface area contributed by atoms with Crippen molar-refractivity contribution in [3.8, 4) is 11.3 Å². The van der Waals surface area contributed by atoms with Crippen LogP contribution in [0.25, 0.3) is 11.3 Å². The second-order valence-corrected chi connectivity index (χ2v) is 3.87. The molecule has 1 aromatic carbocycles. The molecule has 0 saturated heterocycles. The highest BCUT2D eigenvalue weighted by Crippen LogP contribution is 2.30. The summed E-state index contributed by atoms with van der Waals surface area (Å²) in [6.45, 7) is 0.387. The third-order valence-electron chi connectivity index (χ3n) is 2.48. The van der Waals surface area contributed by atoms with E-state index in [1.807, 2.05) is 0 Å². The molecule has 100 valence electrons. The third kappa shape index (κ3) is 3.25. The first-order chi connectivity index (χ1) is 9.00. The molecule has 2 N–H and O–H groups in total. The van der Waals surface area contributed by atoms with E-state index in [1.165, 1.54) is 18.3 Å². The molecule has 2 rings (SSSR count). The minimum Gasteiger partial charge on any atom is -0.330 e. The molecule has 0 atom stereocenters. The van der Waals surface area contributed by atoms with Gasteiger partial charge in [0.15, 0.2) is 5.82 Å². The summed E-state index contributed by atoms with van der Waals surface area (Å²) in [4.78, 5) is 4.19. The van der Waals surface area contributed by atoms with E-state index in [0.29, 0.717) is 30.0 Å². The van der Waals surface area contributed by atoms with Crippen LogP contribution in [0, 0.1) is 0 Å². The van der Waals surface area contributed by atoms with Crippen LogP contribution in [0.5, 0.6) is 0 Å². The maximum atomic E-state index is 12.4. The van der Waals surface area contributed by atoms with Crippen molar-refractivity contribution < 1.29 is 13.2 Å². The average molecular weight is 268 g/mol. The van der Waals surface area contributed by atoms with Gasteiger partial charge in [0, 0.05) is 12.0 Å². The van der Waals surface area contributed by atoms with Gasteiger partial charge >= 0.3 is 6.18 Å². The largest absolute Gasteiger partial charge is 0.416 e. The normalized spacial score (nSPS) is 11.6. The van der Waals surface area contributed by atoms with Crippen LogP contribution in [0.15, 0.2) is 30.5 Å². The second kappa shape index (κ2) is 5.31. The van der Waals surface area contributed by atoms with Gasteiger partial charge in [-0.2, -0.15) is 18.3 Å². The Morgan fingerprint density at radius 2 is 1.79 bits per heavy atom. The summed E-state index contributed by atoms with van der Waals surface area (Å²) in [5.74, 6) is 0.472. The predicted octanol–water partition coefficient (Wildman–Crippen LogP) is 2.06. The molecule has 0 bridgehead atoms. The number of rotatable bonds is 3. The summed E-state index contributed by atoms with van der Waals surface area (Å²) in [5.41, 5.74) is 5.73. The zero-order valence-electron chi connectivity index (χ0n) is 9.85. The van der Waals surface area contributed by atoms with E-state index in [9.17, 15) is 13.2 Å². The van der Waals surface area contributed by atoms with Crippen LogP contribution >= 0.6 is 0 Å². The van der Waals surface area contributed by atoms with Crippen LogP contribution in [0.1, 0.15) is 11.4 Å². The van der Waals surface area contributed by atoms with Gasteiger partial charge in [-0.15, -0.1) is 5.10 Å². The molecule has 7 heteroatoms. The minimum atomic E-state index is -4.34. The molecule has 4 nitrogen and oxygen atoms in total. The Balaban J connectivity index is 2.29. The van der Waals surface area contributed by atoms with Gasteiger partial charge in [0.05, 0.1) is 17.5 Å². The van der Waals surface area contributed by atoms with E-state index < -0.39 is 11.7 Å².